The molecule has 17 heavy (non-hydrogen) atoms. The molecule has 0 aromatic heterocycles. The number of carbonyl (C=O) groups is 1. The third-order valence-corrected chi connectivity index (χ3v) is 3.57. The number of morpholine rings is 1. The highest BCUT2D eigenvalue weighted by molar-refractivity contribution is 5.81. The van der Waals surface area contributed by atoms with Crippen LogP contribution in [-0.4, -0.2) is 67.7 Å². The fourth-order valence-corrected chi connectivity index (χ4v) is 2.05. The minimum absolute atomic E-state index is 0.0883. The van der Waals surface area contributed by atoms with Crippen molar-refractivity contribution in [2.75, 3.05) is 39.9 Å². The molecule has 1 heterocycles. The highest BCUT2D eigenvalue weighted by Crippen LogP contribution is 2.09. The number of rotatable bonds is 5. The third kappa shape index (κ3) is 3.94. The molecule has 2 N–H and O–H groups in total. The fourth-order valence-electron chi connectivity index (χ4n) is 2.05. The van der Waals surface area contributed by atoms with E-state index in [2.05, 4.69) is 11.8 Å². The molecule has 1 rings (SSSR count). The van der Waals surface area contributed by atoms with Gasteiger partial charge >= 0.3 is 0 Å². The summed E-state index contributed by atoms with van der Waals surface area (Å²) >= 11 is 0. The Bertz CT molecular complexity index is 242. The van der Waals surface area contributed by atoms with Crippen LogP contribution in [0.15, 0.2) is 0 Å². The van der Waals surface area contributed by atoms with Crippen LogP contribution >= 0.6 is 0 Å². The van der Waals surface area contributed by atoms with E-state index in [4.69, 9.17) is 10.5 Å². The van der Waals surface area contributed by atoms with Gasteiger partial charge in [0.2, 0.25) is 5.91 Å². The van der Waals surface area contributed by atoms with Crippen LogP contribution in [0, 0.1) is 0 Å². The monoisotopic (exact) mass is 243 g/mol. The lowest BCUT2D eigenvalue weighted by atomic mass is 10.1. The normalized spacial score (nSPS) is 20.4. The summed E-state index contributed by atoms with van der Waals surface area (Å²) in [7, 11) is 1.99. The van der Waals surface area contributed by atoms with Crippen molar-refractivity contribution in [3.05, 3.63) is 0 Å². The maximum absolute atomic E-state index is 12.2. The quantitative estimate of drug-likeness (QED) is 0.733. The average Bonchev–Trinajstić information content (AvgIpc) is 2.37. The Kier molecular flexibility index (Phi) is 5.88. The summed E-state index contributed by atoms with van der Waals surface area (Å²) in [6, 6.07) is 0.245. The predicted octanol–water partition coefficient (Wildman–Crippen LogP) is -0.0972. The summed E-state index contributed by atoms with van der Waals surface area (Å²) in [4.78, 5) is 16.2. The zero-order valence-corrected chi connectivity index (χ0v) is 11.2. The predicted molar refractivity (Wildman–Crippen MR) is 67.8 cm³/mol. The number of ether oxygens (including phenoxy) is 1. The van der Waals surface area contributed by atoms with Crippen molar-refractivity contribution in [2.24, 2.45) is 5.73 Å². The number of hydrogen-bond acceptors (Lipinski definition) is 4. The van der Waals surface area contributed by atoms with E-state index in [1.54, 1.807) is 0 Å². The maximum atomic E-state index is 12.2. The molecule has 2 atom stereocenters. The van der Waals surface area contributed by atoms with E-state index in [9.17, 15) is 4.79 Å². The van der Waals surface area contributed by atoms with Crippen LogP contribution in [0.4, 0.5) is 0 Å². The Hall–Kier alpha value is -0.650. The lowest BCUT2D eigenvalue weighted by Crippen LogP contribution is -2.51. The first-order valence-corrected chi connectivity index (χ1v) is 6.36. The van der Waals surface area contributed by atoms with Gasteiger partial charge in [-0.05, 0) is 33.9 Å². The smallest absolute Gasteiger partial charge is 0.239 e. The molecule has 1 aliphatic rings. The zero-order chi connectivity index (χ0) is 12.8. The lowest BCUT2D eigenvalue weighted by molar-refractivity contribution is -0.140. The van der Waals surface area contributed by atoms with Crippen molar-refractivity contribution in [1.82, 2.24) is 9.80 Å². The lowest BCUT2D eigenvalue weighted by Gasteiger charge is -2.35. The second-order valence-electron chi connectivity index (χ2n) is 4.71. The van der Waals surface area contributed by atoms with Gasteiger partial charge in [-0.2, -0.15) is 0 Å². The van der Waals surface area contributed by atoms with E-state index in [1.807, 2.05) is 18.9 Å². The number of amides is 1. The standard InChI is InChI=1S/C12H25N3O2/c1-10(4-5-13)14(3)11(2)12(16)15-6-8-17-9-7-15/h10-11H,4-9,13H2,1-3H3. The van der Waals surface area contributed by atoms with Crippen molar-refractivity contribution < 1.29 is 9.53 Å². The molecule has 1 saturated heterocycles. The largest absolute Gasteiger partial charge is 0.378 e. The fraction of sp³-hybridized carbons (Fsp3) is 0.917. The first kappa shape index (κ1) is 14.4. The number of nitrogens with two attached hydrogens (primary N) is 1. The molecule has 1 fully saturated rings. The van der Waals surface area contributed by atoms with Crippen LogP contribution in [-0.2, 0) is 9.53 Å². The molecule has 0 radical (unpaired) electrons. The second kappa shape index (κ2) is 6.93. The van der Waals surface area contributed by atoms with E-state index in [0.717, 1.165) is 6.42 Å². The van der Waals surface area contributed by atoms with Gasteiger partial charge in [0.15, 0.2) is 0 Å². The average molecular weight is 243 g/mol. The van der Waals surface area contributed by atoms with E-state index in [1.165, 1.54) is 0 Å². The molecule has 5 heteroatoms. The maximum Gasteiger partial charge on any atom is 0.239 e. The number of likely N-dealkylation sites (N-methyl/N-ethyl adjacent to an activating group) is 1. The van der Waals surface area contributed by atoms with E-state index in [-0.39, 0.29) is 11.9 Å². The van der Waals surface area contributed by atoms with Gasteiger partial charge in [0.05, 0.1) is 19.3 Å². The number of carbonyl (C=O) groups excluding carboxylic acids is 1. The Labute approximate surface area is 104 Å². The first-order chi connectivity index (χ1) is 8.07. The molecule has 0 spiro atoms. The van der Waals surface area contributed by atoms with Gasteiger partial charge in [0.25, 0.3) is 0 Å². The van der Waals surface area contributed by atoms with Gasteiger partial charge in [0.1, 0.15) is 0 Å². The van der Waals surface area contributed by atoms with Crippen molar-refractivity contribution in [3.63, 3.8) is 0 Å². The van der Waals surface area contributed by atoms with Gasteiger partial charge in [-0.3, -0.25) is 9.69 Å². The molecule has 1 amide bonds. The topological polar surface area (TPSA) is 58.8 Å². The highest BCUT2D eigenvalue weighted by atomic mass is 16.5. The summed E-state index contributed by atoms with van der Waals surface area (Å²) < 4.78 is 5.25. The van der Waals surface area contributed by atoms with Gasteiger partial charge < -0.3 is 15.4 Å². The van der Waals surface area contributed by atoms with Crippen LogP contribution in [0.3, 0.4) is 0 Å². The molecule has 0 bridgehead atoms. The molecule has 0 saturated carbocycles. The van der Waals surface area contributed by atoms with Crippen molar-refractivity contribution in [1.29, 1.82) is 0 Å². The molecule has 1 aliphatic heterocycles. The molecular formula is C12H25N3O2. The molecule has 5 nitrogen and oxygen atoms in total. The summed E-state index contributed by atoms with van der Waals surface area (Å²) in [6.45, 7) is 7.45. The molecule has 0 aromatic rings. The Morgan fingerprint density at radius 3 is 2.53 bits per heavy atom. The molecule has 0 aliphatic carbocycles. The van der Waals surface area contributed by atoms with Gasteiger partial charge in [0, 0.05) is 19.1 Å². The zero-order valence-electron chi connectivity index (χ0n) is 11.2. The van der Waals surface area contributed by atoms with Gasteiger partial charge in [-0.15, -0.1) is 0 Å². The van der Waals surface area contributed by atoms with Crippen LogP contribution in [0.25, 0.3) is 0 Å². The second-order valence-corrected chi connectivity index (χ2v) is 4.71. The van der Waals surface area contributed by atoms with Crippen molar-refractivity contribution in [3.8, 4) is 0 Å². The van der Waals surface area contributed by atoms with Crippen LogP contribution in [0.1, 0.15) is 20.3 Å². The van der Waals surface area contributed by atoms with E-state index < -0.39 is 0 Å². The van der Waals surface area contributed by atoms with Gasteiger partial charge in [-0.1, -0.05) is 0 Å². The Morgan fingerprint density at radius 2 is 2.00 bits per heavy atom. The summed E-state index contributed by atoms with van der Waals surface area (Å²) in [6.07, 6.45) is 0.914. The third-order valence-electron chi connectivity index (χ3n) is 3.57. The minimum atomic E-state index is -0.0883. The highest BCUT2D eigenvalue weighted by Gasteiger charge is 2.27. The SMILES string of the molecule is CC(CCN)N(C)C(C)C(=O)N1CCOCC1. The molecule has 100 valence electrons. The van der Waals surface area contributed by atoms with Gasteiger partial charge in [-0.25, -0.2) is 0 Å². The summed E-state index contributed by atoms with van der Waals surface area (Å²) in [5.74, 6) is 0.194. The van der Waals surface area contributed by atoms with Crippen molar-refractivity contribution >= 4 is 5.91 Å². The summed E-state index contributed by atoms with van der Waals surface area (Å²) in [5.41, 5.74) is 5.55. The van der Waals surface area contributed by atoms with Crippen molar-refractivity contribution in [2.45, 2.75) is 32.4 Å². The van der Waals surface area contributed by atoms with E-state index >= 15 is 0 Å². The minimum Gasteiger partial charge on any atom is -0.378 e. The Balaban J connectivity index is 2.49. The van der Waals surface area contributed by atoms with Crippen LogP contribution in [0.5, 0.6) is 0 Å². The van der Waals surface area contributed by atoms with Crippen LogP contribution < -0.4 is 5.73 Å². The molecular weight excluding hydrogens is 218 g/mol. The number of hydrogen-bond donors (Lipinski definition) is 1. The summed E-state index contributed by atoms with van der Waals surface area (Å²) in [5, 5.41) is 0. The Morgan fingerprint density at radius 1 is 1.41 bits per heavy atom. The number of nitrogens with zero attached hydrogens (tertiary/aromatic N) is 2. The van der Waals surface area contributed by atoms with E-state index in [0.29, 0.717) is 38.9 Å². The first-order valence-electron chi connectivity index (χ1n) is 6.36. The van der Waals surface area contributed by atoms with Crippen LogP contribution in [0.2, 0.25) is 0 Å². The molecule has 2 unspecified atom stereocenters. The molecule has 0 aromatic carbocycles.